The zero-order valence-electron chi connectivity index (χ0n) is 8.94. The molecule has 0 saturated heterocycles. The molecule has 0 aliphatic carbocycles. The third kappa shape index (κ3) is 15.1. The Morgan fingerprint density at radius 2 is 0.737 bits per heavy atom. The second-order valence-electron chi connectivity index (χ2n) is 1.84. The molecule has 0 aliphatic heterocycles. The van der Waals surface area contributed by atoms with Crippen molar-refractivity contribution in [3.8, 4) is 0 Å². The zero-order valence-corrected chi connectivity index (χ0v) is 17.0. The summed E-state index contributed by atoms with van der Waals surface area (Å²) in [5, 5.41) is 0. The molecule has 0 atom stereocenters. The summed E-state index contributed by atoms with van der Waals surface area (Å²) in [4.78, 5) is 0. The number of quaternary nitrogens is 2. The molecule has 0 aliphatic rings. The molecule has 0 saturated carbocycles. The van der Waals surface area contributed by atoms with E-state index < -0.39 is 67.0 Å². The Balaban J connectivity index is -0.00000128. The number of hydrogen-bond acceptors (Lipinski definition) is 13. The number of hydrogen-bond donors (Lipinski definition) is 2. The third-order valence-corrected chi connectivity index (χ3v) is 17.5. The molecular formula is H8Mo4N2O13. The fraction of sp³-hybridized carbons (Fsp3) is 0. The van der Waals surface area contributed by atoms with Crippen LogP contribution in [-0.2, 0) is 100 Å². The van der Waals surface area contributed by atoms with Crippen LogP contribution >= 0.6 is 0 Å². The van der Waals surface area contributed by atoms with Crippen LogP contribution in [0.15, 0.2) is 0 Å². The molecule has 0 fully saturated rings. The normalized spacial score (nSPS) is 13.2. The van der Waals surface area contributed by atoms with E-state index in [1.54, 1.807) is 0 Å². The molecule has 0 unspecified atom stereocenters. The summed E-state index contributed by atoms with van der Waals surface area (Å²) in [6.45, 7) is 0. The van der Waals surface area contributed by atoms with Crippen LogP contribution in [0.5, 0.6) is 0 Å². The van der Waals surface area contributed by atoms with Crippen LogP contribution in [-0.4, -0.2) is 0 Å². The fourth-order valence-electron chi connectivity index (χ4n) is 0.329. The van der Waals surface area contributed by atoms with Crippen LogP contribution in [0.1, 0.15) is 0 Å². The molecule has 0 amide bonds. The van der Waals surface area contributed by atoms with Crippen molar-refractivity contribution in [2.75, 3.05) is 0 Å². The standard InChI is InChI=1S/4Mo.2H3N.13O/h;;;;2*1H3;;;;;;;;;;;;;/q;;;;;;;;;;;;;;;;;2*-1/p+2. The van der Waals surface area contributed by atoms with Gasteiger partial charge in [0.25, 0.3) is 0 Å². The van der Waals surface area contributed by atoms with Gasteiger partial charge in [0.2, 0.25) is 0 Å². The van der Waals surface area contributed by atoms with Gasteiger partial charge < -0.3 is 12.3 Å². The molecule has 0 heterocycles. The van der Waals surface area contributed by atoms with E-state index in [0.717, 1.165) is 0 Å². The van der Waals surface area contributed by atoms with E-state index >= 15 is 0 Å². The van der Waals surface area contributed by atoms with Crippen LogP contribution in [0.25, 0.3) is 0 Å². The van der Waals surface area contributed by atoms with Crippen molar-refractivity contribution in [2.24, 2.45) is 0 Å². The van der Waals surface area contributed by atoms with Crippen LogP contribution in [0, 0.1) is 0 Å². The maximum absolute atomic E-state index is 10.5. The minimum atomic E-state index is -7.04. The van der Waals surface area contributed by atoms with Gasteiger partial charge in [-0.05, 0) is 0 Å². The second-order valence-corrected chi connectivity index (χ2v) is 16.8. The summed E-state index contributed by atoms with van der Waals surface area (Å²) >= 11 is -27.9. The van der Waals surface area contributed by atoms with Crippen molar-refractivity contribution in [2.45, 2.75) is 0 Å². The van der Waals surface area contributed by atoms with Gasteiger partial charge in [-0.1, -0.05) is 0 Å². The molecule has 19 heavy (non-hydrogen) atoms. The predicted molar refractivity (Wildman–Crippen MR) is 20.7 cm³/mol. The SMILES string of the molecule is [NH4+].[NH4+].[O]=[Mo](=[O])([O-])[O][Mo](=[O])(=[O])[O][Mo](=[O])(=[O])[O][Mo](=[O])(=[O])[O-]. The van der Waals surface area contributed by atoms with Gasteiger partial charge in [-0.25, -0.2) is 0 Å². The van der Waals surface area contributed by atoms with Crippen molar-refractivity contribution in [3.63, 3.8) is 0 Å². The molecular weight excluding hydrogens is 620 g/mol. The topological polar surface area (TPSA) is 283 Å². The first-order valence-corrected chi connectivity index (χ1v) is 15.8. The van der Waals surface area contributed by atoms with Crippen molar-refractivity contribution < 1.29 is 108 Å². The molecule has 0 aromatic heterocycles. The summed E-state index contributed by atoms with van der Waals surface area (Å²) < 4.78 is 110. The molecule has 8 N–H and O–H groups in total. The van der Waals surface area contributed by atoms with Gasteiger partial charge in [-0.3, -0.25) is 0 Å². The van der Waals surface area contributed by atoms with Crippen molar-refractivity contribution in [3.05, 3.63) is 0 Å². The van der Waals surface area contributed by atoms with Crippen molar-refractivity contribution in [1.29, 1.82) is 0 Å². The summed E-state index contributed by atoms with van der Waals surface area (Å²) in [5.74, 6) is 0. The molecule has 120 valence electrons. The summed E-state index contributed by atoms with van der Waals surface area (Å²) in [6, 6.07) is 0. The average Bonchev–Trinajstić information content (AvgIpc) is 1.65. The average molecular weight is 628 g/mol. The van der Waals surface area contributed by atoms with Gasteiger partial charge >= 0.3 is 108 Å². The van der Waals surface area contributed by atoms with E-state index in [0.29, 0.717) is 0 Å². The Morgan fingerprint density at radius 1 is 0.526 bits per heavy atom. The van der Waals surface area contributed by atoms with Crippen molar-refractivity contribution >= 4 is 0 Å². The molecule has 15 nitrogen and oxygen atoms in total. The molecule has 19 heteroatoms. The summed E-state index contributed by atoms with van der Waals surface area (Å²) in [6.07, 6.45) is 0. The van der Waals surface area contributed by atoms with Gasteiger partial charge in [0.15, 0.2) is 0 Å². The second kappa shape index (κ2) is 7.76. The van der Waals surface area contributed by atoms with E-state index in [9.17, 15) is 34.7 Å². The van der Waals surface area contributed by atoms with Gasteiger partial charge in [0.05, 0.1) is 0 Å². The van der Waals surface area contributed by atoms with Gasteiger partial charge in [0.1, 0.15) is 0 Å². The fourth-order valence-corrected chi connectivity index (χ4v) is 15.4. The molecule has 0 spiro atoms. The molecule has 0 bridgehead atoms. The van der Waals surface area contributed by atoms with Crippen LogP contribution < -0.4 is 19.8 Å². The van der Waals surface area contributed by atoms with Gasteiger partial charge in [-0.2, -0.15) is 0 Å². The Hall–Kier alpha value is 0.873. The first-order chi connectivity index (χ1) is 7.12. The minimum absolute atomic E-state index is 0. The summed E-state index contributed by atoms with van der Waals surface area (Å²) in [5.41, 5.74) is 0. The maximum atomic E-state index is 10.5. The molecule has 0 aromatic rings. The Kier molecular flexibility index (Phi) is 10.2. The Labute approximate surface area is 119 Å². The third-order valence-electron chi connectivity index (χ3n) is 0.500. The van der Waals surface area contributed by atoms with Gasteiger partial charge in [-0.15, -0.1) is 0 Å². The predicted octanol–water partition coefficient (Wildman–Crippen LogP) is -2.79. The van der Waals surface area contributed by atoms with E-state index in [1.807, 2.05) is 0 Å². The molecule has 0 radical (unpaired) electrons. The van der Waals surface area contributed by atoms with Crippen molar-refractivity contribution in [1.82, 2.24) is 12.3 Å². The zero-order chi connectivity index (χ0) is 14.1. The Bertz CT molecular complexity index is 610. The van der Waals surface area contributed by atoms with Crippen LogP contribution in [0.3, 0.4) is 0 Å². The van der Waals surface area contributed by atoms with E-state index in [4.69, 9.17) is 0 Å². The van der Waals surface area contributed by atoms with E-state index in [2.05, 4.69) is 6.13 Å². The van der Waals surface area contributed by atoms with E-state index in [-0.39, 0.29) is 12.3 Å². The van der Waals surface area contributed by atoms with Crippen LogP contribution in [0.2, 0.25) is 0 Å². The molecule has 0 rings (SSSR count). The molecule has 0 aromatic carbocycles. The van der Waals surface area contributed by atoms with E-state index in [1.165, 1.54) is 0 Å². The Morgan fingerprint density at radius 3 is 0.895 bits per heavy atom. The van der Waals surface area contributed by atoms with Crippen LogP contribution in [0.4, 0.5) is 0 Å². The quantitative estimate of drug-likeness (QED) is 0.282. The first-order valence-electron chi connectivity index (χ1n) is 2.67. The number of rotatable bonds is 6. The van der Waals surface area contributed by atoms with Gasteiger partial charge in [0, 0.05) is 0 Å². The first kappa shape index (κ1) is 24.9. The summed E-state index contributed by atoms with van der Waals surface area (Å²) in [7, 11) is 0. The monoisotopic (exact) mass is 636 g/mol.